The number of hydrogen-bond acceptors (Lipinski definition) is 4. The lowest BCUT2D eigenvalue weighted by molar-refractivity contribution is -0.163. The SMILES string of the molecule is Cc1cnn(CC(N)(C(=O)OC(C)(C)C)C2CC2)c1. The number of nitrogens with two attached hydrogens (primary N) is 1. The van der Waals surface area contributed by atoms with E-state index in [2.05, 4.69) is 5.10 Å². The highest BCUT2D eigenvalue weighted by molar-refractivity contribution is 5.81. The van der Waals surface area contributed by atoms with Crippen LogP contribution in [0.25, 0.3) is 0 Å². The predicted molar refractivity (Wildman–Crippen MR) is 72.5 cm³/mol. The van der Waals surface area contributed by atoms with Crippen molar-refractivity contribution in [2.24, 2.45) is 11.7 Å². The van der Waals surface area contributed by atoms with Gasteiger partial charge in [0.2, 0.25) is 0 Å². The Morgan fingerprint density at radius 2 is 2.16 bits per heavy atom. The molecule has 0 spiro atoms. The van der Waals surface area contributed by atoms with Crippen molar-refractivity contribution in [2.75, 3.05) is 0 Å². The van der Waals surface area contributed by atoms with Gasteiger partial charge >= 0.3 is 5.97 Å². The van der Waals surface area contributed by atoms with Crippen molar-refractivity contribution >= 4 is 5.97 Å². The lowest BCUT2D eigenvalue weighted by Gasteiger charge is -2.31. The van der Waals surface area contributed by atoms with Gasteiger partial charge < -0.3 is 10.5 Å². The van der Waals surface area contributed by atoms with Crippen molar-refractivity contribution in [3.63, 3.8) is 0 Å². The molecule has 1 saturated carbocycles. The summed E-state index contributed by atoms with van der Waals surface area (Å²) in [5, 5.41) is 4.22. The topological polar surface area (TPSA) is 70.1 Å². The van der Waals surface area contributed by atoms with Crippen LogP contribution in [0.1, 0.15) is 39.2 Å². The summed E-state index contributed by atoms with van der Waals surface area (Å²) in [5.41, 5.74) is 5.93. The number of aromatic nitrogens is 2. The molecule has 1 aromatic rings. The predicted octanol–water partition coefficient (Wildman–Crippen LogP) is 1.64. The zero-order chi connectivity index (χ0) is 14.3. The van der Waals surface area contributed by atoms with Crippen LogP contribution in [0.3, 0.4) is 0 Å². The molecule has 19 heavy (non-hydrogen) atoms. The fourth-order valence-electron chi connectivity index (χ4n) is 2.15. The molecule has 0 aliphatic heterocycles. The van der Waals surface area contributed by atoms with Crippen molar-refractivity contribution in [3.8, 4) is 0 Å². The molecule has 1 aliphatic rings. The first kappa shape index (κ1) is 14.1. The van der Waals surface area contributed by atoms with Crippen LogP contribution in [0.2, 0.25) is 0 Å². The summed E-state index contributed by atoms with van der Waals surface area (Å²) >= 11 is 0. The molecule has 0 bridgehead atoms. The van der Waals surface area contributed by atoms with Crippen molar-refractivity contribution in [2.45, 2.75) is 58.2 Å². The number of ether oxygens (including phenoxy) is 1. The normalized spacial score (nSPS) is 19.0. The van der Waals surface area contributed by atoms with Crippen molar-refractivity contribution < 1.29 is 9.53 Å². The Morgan fingerprint density at radius 3 is 2.58 bits per heavy atom. The third-order valence-electron chi connectivity index (χ3n) is 3.27. The number of aryl methyl sites for hydroxylation is 1. The zero-order valence-electron chi connectivity index (χ0n) is 12.1. The van der Waals surface area contributed by atoms with Gasteiger partial charge in [-0.3, -0.25) is 4.68 Å². The minimum Gasteiger partial charge on any atom is -0.459 e. The molecule has 2 N–H and O–H groups in total. The van der Waals surface area contributed by atoms with Crippen LogP contribution in [-0.4, -0.2) is 26.9 Å². The van der Waals surface area contributed by atoms with Crippen LogP contribution in [0.5, 0.6) is 0 Å². The fourth-order valence-corrected chi connectivity index (χ4v) is 2.15. The largest absolute Gasteiger partial charge is 0.459 e. The van der Waals surface area contributed by atoms with E-state index in [1.54, 1.807) is 10.9 Å². The van der Waals surface area contributed by atoms with Gasteiger partial charge in [-0.2, -0.15) is 5.10 Å². The van der Waals surface area contributed by atoms with Gasteiger partial charge in [0.25, 0.3) is 0 Å². The van der Waals surface area contributed by atoms with Gasteiger partial charge in [-0.15, -0.1) is 0 Å². The van der Waals surface area contributed by atoms with E-state index in [-0.39, 0.29) is 11.9 Å². The smallest absolute Gasteiger partial charge is 0.328 e. The van der Waals surface area contributed by atoms with Gasteiger partial charge in [0.15, 0.2) is 0 Å². The number of carbonyl (C=O) groups is 1. The monoisotopic (exact) mass is 265 g/mol. The molecule has 1 atom stereocenters. The molecule has 0 aromatic carbocycles. The second-order valence-corrected chi connectivity index (χ2v) is 6.53. The standard InChI is InChI=1S/C14H23N3O2/c1-10-7-16-17(8-10)9-14(15,11-5-6-11)12(18)19-13(2,3)4/h7-8,11H,5-6,9,15H2,1-4H3. The Kier molecular flexibility index (Phi) is 3.43. The maximum absolute atomic E-state index is 12.4. The fraction of sp³-hybridized carbons (Fsp3) is 0.714. The summed E-state index contributed by atoms with van der Waals surface area (Å²) in [6.45, 7) is 7.91. The molecule has 1 aliphatic carbocycles. The van der Waals surface area contributed by atoms with Crippen LogP contribution in [-0.2, 0) is 16.1 Å². The first-order chi connectivity index (χ1) is 8.71. The molecule has 2 rings (SSSR count). The lowest BCUT2D eigenvalue weighted by atomic mass is 9.94. The molecule has 0 saturated heterocycles. The molecule has 0 radical (unpaired) electrons. The van der Waals surface area contributed by atoms with E-state index in [1.807, 2.05) is 33.9 Å². The molecule has 5 heteroatoms. The Morgan fingerprint density at radius 1 is 1.53 bits per heavy atom. The Labute approximate surface area is 114 Å². The quantitative estimate of drug-likeness (QED) is 0.840. The first-order valence-electron chi connectivity index (χ1n) is 6.72. The number of carbonyl (C=O) groups excluding carboxylic acids is 1. The molecule has 1 unspecified atom stereocenters. The van der Waals surface area contributed by atoms with Crippen LogP contribution < -0.4 is 5.73 Å². The van der Waals surface area contributed by atoms with Crippen LogP contribution >= 0.6 is 0 Å². The van der Waals surface area contributed by atoms with Gasteiger partial charge in [-0.05, 0) is 52.0 Å². The van der Waals surface area contributed by atoms with Crippen LogP contribution in [0.15, 0.2) is 12.4 Å². The number of rotatable bonds is 4. The minimum absolute atomic E-state index is 0.201. The Hall–Kier alpha value is -1.36. The summed E-state index contributed by atoms with van der Waals surface area (Å²) in [4.78, 5) is 12.4. The van der Waals surface area contributed by atoms with Gasteiger partial charge in [0.05, 0.1) is 12.7 Å². The number of nitrogens with zero attached hydrogens (tertiary/aromatic N) is 2. The van der Waals surface area contributed by atoms with E-state index < -0.39 is 11.1 Å². The molecule has 1 heterocycles. The highest BCUT2D eigenvalue weighted by Crippen LogP contribution is 2.40. The minimum atomic E-state index is -0.967. The van der Waals surface area contributed by atoms with E-state index in [9.17, 15) is 4.79 Å². The maximum atomic E-state index is 12.4. The average molecular weight is 265 g/mol. The van der Waals surface area contributed by atoms with E-state index >= 15 is 0 Å². The molecule has 1 aromatic heterocycles. The number of hydrogen-bond donors (Lipinski definition) is 1. The van der Waals surface area contributed by atoms with Crippen LogP contribution in [0, 0.1) is 12.8 Å². The molecular weight excluding hydrogens is 242 g/mol. The number of esters is 1. The summed E-state index contributed by atoms with van der Waals surface area (Å²) < 4.78 is 7.21. The first-order valence-corrected chi connectivity index (χ1v) is 6.72. The molecule has 5 nitrogen and oxygen atoms in total. The summed E-state index contributed by atoms with van der Waals surface area (Å²) in [5.74, 6) is -0.123. The van der Waals surface area contributed by atoms with E-state index in [0.717, 1.165) is 18.4 Å². The molecule has 0 amide bonds. The maximum Gasteiger partial charge on any atom is 0.328 e. The van der Waals surface area contributed by atoms with Gasteiger partial charge in [-0.1, -0.05) is 0 Å². The van der Waals surface area contributed by atoms with Crippen molar-refractivity contribution in [1.82, 2.24) is 9.78 Å². The summed E-state index contributed by atoms with van der Waals surface area (Å²) in [7, 11) is 0. The Balaban J connectivity index is 2.15. The summed E-state index contributed by atoms with van der Waals surface area (Å²) in [6, 6.07) is 0. The average Bonchev–Trinajstić information content (AvgIpc) is 3.02. The third-order valence-corrected chi connectivity index (χ3v) is 3.27. The highest BCUT2D eigenvalue weighted by atomic mass is 16.6. The Bertz CT molecular complexity index is 471. The second kappa shape index (κ2) is 4.63. The second-order valence-electron chi connectivity index (χ2n) is 6.53. The van der Waals surface area contributed by atoms with Gasteiger partial charge in [0.1, 0.15) is 11.1 Å². The van der Waals surface area contributed by atoms with Gasteiger partial charge in [-0.25, -0.2) is 4.79 Å². The van der Waals surface area contributed by atoms with Crippen molar-refractivity contribution in [3.05, 3.63) is 18.0 Å². The van der Waals surface area contributed by atoms with E-state index in [0.29, 0.717) is 6.54 Å². The lowest BCUT2D eigenvalue weighted by Crippen LogP contribution is -2.56. The summed E-state index contributed by atoms with van der Waals surface area (Å²) in [6.07, 6.45) is 5.63. The molecular formula is C14H23N3O2. The highest BCUT2D eigenvalue weighted by Gasteiger charge is 2.50. The zero-order valence-corrected chi connectivity index (χ0v) is 12.1. The van der Waals surface area contributed by atoms with Crippen LogP contribution in [0.4, 0.5) is 0 Å². The molecule has 1 fully saturated rings. The van der Waals surface area contributed by atoms with Crippen molar-refractivity contribution in [1.29, 1.82) is 0 Å². The third kappa shape index (κ3) is 3.35. The van der Waals surface area contributed by atoms with Gasteiger partial charge in [0, 0.05) is 6.20 Å². The van der Waals surface area contributed by atoms with E-state index in [1.165, 1.54) is 0 Å². The molecule has 106 valence electrons. The van der Waals surface area contributed by atoms with E-state index in [4.69, 9.17) is 10.5 Å².